The zero-order valence-electron chi connectivity index (χ0n) is 12.4. The molecule has 2 aliphatic heterocycles. The maximum absolute atomic E-state index is 6.15. The van der Waals surface area contributed by atoms with Crippen molar-refractivity contribution in [1.82, 2.24) is 10.2 Å². The van der Waals surface area contributed by atoms with Crippen molar-refractivity contribution in [1.29, 1.82) is 0 Å². The molecule has 0 spiro atoms. The number of nitrogens with zero attached hydrogens (tertiary/aromatic N) is 1. The molecule has 2 fully saturated rings. The summed E-state index contributed by atoms with van der Waals surface area (Å²) in [5.74, 6) is 0.768. The first-order valence-electron chi connectivity index (χ1n) is 7.89. The first-order chi connectivity index (χ1) is 9.69. The van der Waals surface area contributed by atoms with Crippen LogP contribution in [0.1, 0.15) is 49.9 Å². The van der Waals surface area contributed by atoms with E-state index >= 15 is 0 Å². The summed E-state index contributed by atoms with van der Waals surface area (Å²) in [5.41, 5.74) is 0. The van der Waals surface area contributed by atoms with Crippen LogP contribution < -0.4 is 5.32 Å². The van der Waals surface area contributed by atoms with Crippen molar-refractivity contribution in [2.75, 3.05) is 13.6 Å². The van der Waals surface area contributed by atoms with E-state index in [4.69, 9.17) is 11.6 Å². The van der Waals surface area contributed by atoms with E-state index in [-0.39, 0.29) is 0 Å². The Morgan fingerprint density at radius 3 is 2.60 bits per heavy atom. The number of rotatable bonds is 5. The molecule has 2 bridgehead atoms. The summed E-state index contributed by atoms with van der Waals surface area (Å²) >= 11 is 7.91. The third kappa shape index (κ3) is 2.92. The van der Waals surface area contributed by atoms with Gasteiger partial charge in [-0.15, -0.1) is 11.3 Å². The maximum atomic E-state index is 6.15. The summed E-state index contributed by atoms with van der Waals surface area (Å²) in [6.45, 7) is 3.34. The minimum absolute atomic E-state index is 0.504. The summed E-state index contributed by atoms with van der Waals surface area (Å²) in [6.07, 6.45) is 6.65. The van der Waals surface area contributed by atoms with Crippen molar-refractivity contribution < 1.29 is 0 Å². The molecule has 112 valence electrons. The van der Waals surface area contributed by atoms with Crippen molar-refractivity contribution in [3.63, 3.8) is 0 Å². The van der Waals surface area contributed by atoms with Gasteiger partial charge in [0.1, 0.15) is 0 Å². The smallest absolute Gasteiger partial charge is 0.0931 e. The Hall–Kier alpha value is -0.0900. The molecular weight excluding hydrogens is 288 g/mol. The van der Waals surface area contributed by atoms with Crippen LogP contribution in [0.25, 0.3) is 0 Å². The van der Waals surface area contributed by atoms with E-state index in [0.717, 1.165) is 28.9 Å². The van der Waals surface area contributed by atoms with Crippen LogP contribution in [0.5, 0.6) is 0 Å². The summed E-state index contributed by atoms with van der Waals surface area (Å²) in [4.78, 5) is 4.05. The first kappa shape index (κ1) is 14.8. The normalized spacial score (nSPS) is 31.6. The fourth-order valence-corrected chi connectivity index (χ4v) is 5.25. The topological polar surface area (TPSA) is 15.3 Å². The highest BCUT2D eigenvalue weighted by Crippen LogP contribution is 2.44. The second kappa shape index (κ2) is 6.35. The number of hydrogen-bond donors (Lipinski definition) is 1. The summed E-state index contributed by atoms with van der Waals surface area (Å²) in [5, 5.41) is 3.79. The highest BCUT2D eigenvalue weighted by molar-refractivity contribution is 7.16. The lowest BCUT2D eigenvalue weighted by Gasteiger charge is -2.40. The van der Waals surface area contributed by atoms with Crippen LogP contribution in [0, 0.1) is 5.92 Å². The zero-order chi connectivity index (χ0) is 14.1. The largest absolute Gasteiger partial charge is 0.309 e. The van der Waals surface area contributed by atoms with Crippen LogP contribution in [0.4, 0.5) is 0 Å². The number of hydrogen-bond acceptors (Lipinski definition) is 3. The summed E-state index contributed by atoms with van der Waals surface area (Å²) in [6, 6.07) is 6.39. The lowest BCUT2D eigenvalue weighted by molar-refractivity contribution is 0.113. The fourth-order valence-electron chi connectivity index (χ4n) is 4.02. The van der Waals surface area contributed by atoms with E-state index in [0.29, 0.717) is 6.04 Å². The fraction of sp³-hybridized carbons (Fsp3) is 0.750. The number of thiophene rings is 1. The molecule has 2 aliphatic rings. The van der Waals surface area contributed by atoms with Crippen molar-refractivity contribution in [2.24, 2.45) is 5.92 Å². The Bertz CT molecular complexity index is 433. The molecule has 20 heavy (non-hydrogen) atoms. The number of halogens is 1. The Labute approximate surface area is 131 Å². The van der Waals surface area contributed by atoms with Gasteiger partial charge in [0.2, 0.25) is 0 Å². The van der Waals surface area contributed by atoms with Gasteiger partial charge in [-0.3, -0.25) is 0 Å². The van der Waals surface area contributed by atoms with Crippen LogP contribution in [0.15, 0.2) is 12.1 Å². The van der Waals surface area contributed by atoms with Gasteiger partial charge in [0.25, 0.3) is 0 Å². The van der Waals surface area contributed by atoms with Gasteiger partial charge in [0, 0.05) is 23.0 Å². The Balaban J connectivity index is 1.76. The molecule has 3 rings (SSSR count). The van der Waals surface area contributed by atoms with Crippen LogP contribution >= 0.6 is 22.9 Å². The molecule has 3 atom stereocenters. The van der Waals surface area contributed by atoms with E-state index in [2.05, 4.69) is 30.3 Å². The van der Waals surface area contributed by atoms with Crippen molar-refractivity contribution in [2.45, 2.75) is 57.2 Å². The predicted octanol–water partition coefficient (Wildman–Crippen LogP) is 4.32. The second-order valence-electron chi connectivity index (χ2n) is 6.36. The van der Waals surface area contributed by atoms with E-state index in [1.54, 1.807) is 11.3 Å². The third-order valence-corrected chi connectivity index (χ3v) is 6.44. The van der Waals surface area contributed by atoms with Crippen LogP contribution in [-0.4, -0.2) is 30.6 Å². The van der Waals surface area contributed by atoms with E-state index < -0.39 is 0 Å². The second-order valence-corrected chi connectivity index (χ2v) is 8.10. The van der Waals surface area contributed by atoms with Gasteiger partial charge in [-0.1, -0.05) is 18.5 Å². The molecular formula is C16H25ClN2S. The number of fused-ring (bicyclic) bond motifs is 2. The highest BCUT2D eigenvalue weighted by Gasteiger charge is 2.41. The number of nitrogens with one attached hydrogen (secondary N) is 1. The molecule has 1 aromatic heterocycles. The van der Waals surface area contributed by atoms with E-state index in [1.807, 2.05) is 6.07 Å². The van der Waals surface area contributed by atoms with Gasteiger partial charge in [-0.25, -0.2) is 0 Å². The lowest BCUT2D eigenvalue weighted by atomic mass is 9.84. The maximum Gasteiger partial charge on any atom is 0.0931 e. The average Bonchev–Trinajstić information content (AvgIpc) is 2.91. The molecule has 2 saturated heterocycles. The minimum atomic E-state index is 0.504. The molecule has 0 radical (unpaired) electrons. The van der Waals surface area contributed by atoms with Gasteiger partial charge in [-0.05, 0) is 63.7 Å². The third-order valence-electron chi connectivity index (χ3n) is 5.12. The molecule has 0 aromatic carbocycles. The van der Waals surface area contributed by atoms with E-state index in [1.165, 1.54) is 37.0 Å². The van der Waals surface area contributed by atoms with Gasteiger partial charge in [0.15, 0.2) is 0 Å². The van der Waals surface area contributed by atoms with Gasteiger partial charge >= 0.3 is 0 Å². The van der Waals surface area contributed by atoms with Crippen LogP contribution in [-0.2, 0) is 0 Å². The SMILES string of the molecule is CCCNC(c1ccc(Cl)s1)C1CC2CCC(C1)N2C. The van der Waals surface area contributed by atoms with Crippen molar-refractivity contribution in [3.05, 3.63) is 21.3 Å². The molecule has 1 N–H and O–H groups in total. The molecule has 2 nitrogen and oxygen atoms in total. The van der Waals surface area contributed by atoms with Gasteiger partial charge < -0.3 is 10.2 Å². The molecule has 3 unspecified atom stereocenters. The number of piperidine rings is 1. The van der Waals surface area contributed by atoms with Crippen molar-refractivity contribution in [3.8, 4) is 0 Å². The van der Waals surface area contributed by atoms with Crippen LogP contribution in [0.3, 0.4) is 0 Å². The molecule has 3 heterocycles. The average molecular weight is 313 g/mol. The summed E-state index contributed by atoms with van der Waals surface area (Å²) in [7, 11) is 2.31. The standard InChI is InChI=1S/C16H25ClN2S/c1-3-8-18-16(14-6-7-15(17)20-14)11-9-12-4-5-13(10-11)19(12)2/h6-7,11-13,16,18H,3-5,8-10H2,1-2H3. The Morgan fingerprint density at radius 1 is 1.35 bits per heavy atom. The van der Waals surface area contributed by atoms with E-state index in [9.17, 15) is 0 Å². The lowest BCUT2D eigenvalue weighted by Crippen LogP contribution is -2.43. The molecule has 1 aromatic rings. The monoisotopic (exact) mass is 312 g/mol. The van der Waals surface area contributed by atoms with Crippen molar-refractivity contribution >= 4 is 22.9 Å². The summed E-state index contributed by atoms with van der Waals surface area (Å²) < 4.78 is 0.916. The quantitative estimate of drug-likeness (QED) is 0.871. The minimum Gasteiger partial charge on any atom is -0.309 e. The molecule has 0 amide bonds. The Morgan fingerprint density at radius 2 is 2.05 bits per heavy atom. The Kier molecular flexibility index (Phi) is 4.71. The molecule has 4 heteroatoms. The molecule has 0 saturated carbocycles. The first-order valence-corrected chi connectivity index (χ1v) is 9.09. The predicted molar refractivity (Wildman–Crippen MR) is 87.7 cm³/mol. The van der Waals surface area contributed by atoms with Gasteiger partial charge in [0.05, 0.1) is 4.34 Å². The zero-order valence-corrected chi connectivity index (χ0v) is 14.0. The highest BCUT2D eigenvalue weighted by atomic mass is 35.5. The van der Waals surface area contributed by atoms with Gasteiger partial charge in [-0.2, -0.15) is 0 Å². The molecule has 0 aliphatic carbocycles. The van der Waals surface area contributed by atoms with Crippen LogP contribution in [0.2, 0.25) is 4.34 Å².